The van der Waals surface area contributed by atoms with Gasteiger partial charge in [0.1, 0.15) is 0 Å². The maximum atomic E-state index is 13.4. The van der Waals surface area contributed by atoms with Gasteiger partial charge in [0.15, 0.2) is 11.6 Å². The maximum absolute atomic E-state index is 13.4. The molecule has 0 unspecified atom stereocenters. The summed E-state index contributed by atoms with van der Waals surface area (Å²) >= 11 is 4.81. The van der Waals surface area contributed by atoms with Gasteiger partial charge in [-0.15, -0.1) is 0 Å². The molecule has 6 heteroatoms. The largest absolute Gasteiger partial charge is 0.494 e. The number of ether oxygens (including phenoxy) is 1. The van der Waals surface area contributed by atoms with E-state index in [0.717, 1.165) is 0 Å². The lowest BCUT2D eigenvalue weighted by Crippen LogP contribution is -2.41. The minimum absolute atomic E-state index is 0.0778. The number of thiocarbonyl (C=S) groups is 1. The zero-order valence-electron chi connectivity index (χ0n) is 10.4. The molecule has 18 heavy (non-hydrogen) atoms. The highest BCUT2D eigenvalue weighted by molar-refractivity contribution is 7.80. The molecule has 0 saturated carbocycles. The van der Waals surface area contributed by atoms with Crippen molar-refractivity contribution in [3.63, 3.8) is 0 Å². The highest BCUT2D eigenvalue weighted by Gasteiger charge is 2.30. The summed E-state index contributed by atoms with van der Waals surface area (Å²) in [4.78, 5) is 12.0. The van der Waals surface area contributed by atoms with Crippen LogP contribution in [0.1, 0.15) is 13.8 Å². The SMILES string of the molecule is COc1ccc(NC(=O)C(C)(C)C(N)=S)cc1F. The van der Waals surface area contributed by atoms with Gasteiger partial charge >= 0.3 is 0 Å². The van der Waals surface area contributed by atoms with Crippen LogP contribution in [0.15, 0.2) is 18.2 Å². The van der Waals surface area contributed by atoms with Crippen molar-refractivity contribution in [2.24, 2.45) is 11.1 Å². The number of hydrogen-bond donors (Lipinski definition) is 2. The monoisotopic (exact) mass is 270 g/mol. The summed E-state index contributed by atoms with van der Waals surface area (Å²) in [6.07, 6.45) is 0. The summed E-state index contributed by atoms with van der Waals surface area (Å²) in [5.74, 6) is -0.829. The first-order chi connectivity index (χ1) is 8.28. The van der Waals surface area contributed by atoms with Crippen LogP contribution in [0.5, 0.6) is 5.75 Å². The molecule has 98 valence electrons. The predicted molar refractivity (Wildman–Crippen MR) is 72.1 cm³/mol. The summed E-state index contributed by atoms with van der Waals surface area (Å²) in [5.41, 5.74) is 4.80. The van der Waals surface area contributed by atoms with Crippen molar-refractivity contribution < 1.29 is 13.9 Å². The van der Waals surface area contributed by atoms with Gasteiger partial charge in [-0.05, 0) is 26.0 Å². The molecule has 1 aromatic rings. The Balaban J connectivity index is 2.89. The van der Waals surface area contributed by atoms with E-state index in [9.17, 15) is 9.18 Å². The second-order valence-corrected chi connectivity index (χ2v) is 4.73. The number of carbonyl (C=O) groups is 1. The van der Waals surface area contributed by atoms with Crippen molar-refractivity contribution in [3.8, 4) is 5.75 Å². The summed E-state index contributed by atoms with van der Waals surface area (Å²) in [5, 5.41) is 2.55. The van der Waals surface area contributed by atoms with Crippen LogP contribution in [0.3, 0.4) is 0 Å². The zero-order chi connectivity index (χ0) is 13.9. The Morgan fingerprint density at radius 2 is 2.11 bits per heavy atom. The minimum Gasteiger partial charge on any atom is -0.494 e. The van der Waals surface area contributed by atoms with Gasteiger partial charge in [0.05, 0.1) is 17.5 Å². The third kappa shape index (κ3) is 2.95. The molecule has 4 nitrogen and oxygen atoms in total. The smallest absolute Gasteiger partial charge is 0.236 e. The number of hydrogen-bond acceptors (Lipinski definition) is 3. The first-order valence-corrected chi connectivity index (χ1v) is 5.64. The van der Waals surface area contributed by atoms with Crippen LogP contribution in [-0.2, 0) is 4.79 Å². The minimum atomic E-state index is -0.994. The molecule has 1 rings (SSSR count). The van der Waals surface area contributed by atoms with Crippen LogP contribution < -0.4 is 15.8 Å². The zero-order valence-corrected chi connectivity index (χ0v) is 11.2. The van der Waals surface area contributed by atoms with Crippen LogP contribution >= 0.6 is 12.2 Å². The molecule has 0 saturated heterocycles. The van der Waals surface area contributed by atoms with Gasteiger partial charge < -0.3 is 15.8 Å². The van der Waals surface area contributed by atoms with E-state index in [1.807, 2.05) is 0 Å². The number of nitrogens with two attached hydrogens (primary N) is 1. The Bertz CT molecular complexity index is 489. The first kappa shape index (κ1) is 14.4. The molecular weight excluding hydrogens is 255 g/mol. The number of amides is 1. The van der Waals surface area contributed by atoms with E-state index in [1.54, 1.807) is 13.8 Å². The lowest BCUT2D eigenvalue weighted by atomic mass is 9.92. The quantitative estimate of drug-likeness (QED) is 0.822. The fraction of sp³-hybridized carbons (Fsp3) is 0.333. The summed E-state index contributed by atoms with van der Waals surface area (Å²) in [7, 11) is 1.37. The number of rotatable bonds is 4. The van der Waals surface area contributed by atoms with Gasteiger partial charge in [-0.2, -0.15) is 0 Å². The molecular formula is C12H15FN2O2S. The fourth-order valence-corrected chi connectivity index (χ4v) is 1.24. The van der Waals surface area contributed by atoms with Gasteiger partial charge in [0.25, 0.3) is 0 Å². The summed E-state index contributed by atoms with van der Waals surface area (Å²) < 4.78 is 18.2. The molecule has 0 radical (unpaired) electrons. The Hall–Kier alpha value is -1.69. The third-order valence-corrected chi connectivity index (χ3v) is 3.10. The molecule has 0 heterocycles. The molecule has 0 bridgehead atoms. The van der Waals surface area contributed by atoms with Crippen LogP contribution in [0, 0.1) is 11.2 Å². The molecule has 0 spiro atoms. The van der Waals surface area contributed by atoms with Crippen molar-refractivity contribution in [2.75, 3.05) is 12.4 Å². The Morgan fingerprint density at radius 1 is 1.50 bits per heavy atom. The molecule has 0 aliphatic rings. The molecule has 0 aliphatic carbocycles. The van der Waals surface area contributed by atoms with E-state index in [4.69, 9.17) is 22.7 Å². The van der Waals surface area contributed by atoms with E-state index in [1.165, 1.54) is 25.3 Å². The van der Waals surface area contributed by atoms with E-state index in [2.05, 4.69) is 5.32 Å². The lowest BCUT2D eigenvalue weighted by molar-refractivity contribution is -0.121. The van der Waals surface area contributed by atoms with Gasteiger partial charge in [-0.3, -0.25) is 4.79 Å². The number of halogens is 1. The molecule has 0 aromatic heterocycles. The van der Waals surface area contributed by atoms with Gasteiger partial charge in [-0.25, -0.2) is 4.39 Å². The Kier molecular flexibility index (Phi) is 4.24. The molecule has 1 aromatic carbocycles. The third-order valence-electron chi connectivity index (χ3n) is 2.59. The highest BCUT2D eigenvalue weighted by Crippen LogP contribution is 2.23. The number of methoxy groups -OCH3 is 1. The van der Waals surface area contributed by atoms with E-state index in [-0.39, 0.29) is 16.6 Å². The number of benzene rings is 1. The van der Waals surface area contributed by atoms with Crippen molar-refractivity contribution in [3.05, 3.63) is 24.0 Å². The van der Waals surface area contributed by atoms with Gasteiger partial charge in [0, 0.05) is 11.8 Å². The van der Waals surface area contributed by atoms with Crippen molar-refractivity contribution in [1.82, 2.24) is 0 Å². The van der Waals surface area contributed by atoms with Gasteiger partial charge in [-0.1, -0.05) is 12.2 Å². The molecule has 0 fully saturated rings. The standard InChI is InChI=1S/C12H15FN2O2S/c1-12(2,10(14)18)11(16)15-7-4-5-9(17-3)8(13)6-7/h4-6H,1-3H3,(H2,14,18)(H,15,16). The average molecular weight is 270 g/mol. The maximum Gasteiger partial charge on any atom is 0.236 e. The Morgan fingerprint density at radius 3 is 2.56 bits per heavy atom. The topological polar surface area (TPSA) is 64.3 Å². The lowest BCUT2D eigenvalue weighted by Gasteiger charge is -2.22. The van der Waals surface area contributed by atoms with Gasteiger partial charge in [0.2, 0.25) is 5.91 Å². The second kappa shape index (κ2) is 5.30. The summed E-state index contributed by atoms with van der Waals surface area (Å²) in [6, 6.07) is 4.14. The van der Waals surface area contributed by atoms with Crippen molar-refractivity contribution in [2.45, 2.75) is 13.8 Å². The second-order valence-electron chi connectivity index (χ2n) is 4.29. The van der Waals surface area contributed by atoms with E-state index >= 15 is 0 Å². The van der Waals surface area contributed by atoms with Crippen molar-refractivity contribution >= 4 is 28.8 Å². The van der Waals surface area contributed by atoms with Crippen LogP contribution in [0.2, 0.25) is 0 Å². The molecule has 1 amide bonds. The molecule has 0 atom stereocenters. The number of anilines is 1. The van der Waals surface area contributed by atoms with Crippen molar-refractivity contribution in [1.29, 1.82) is 0 Å². The predicted octanol–water partition coefficient (Wildman–Crippen LogP) is 2.09. The summed E-state index contributed by atoms with van der Waals surface area (Å²) in [6.45, 7) is 3.20. The Labute approximate surface area is 110 Å². The van der Waals surface area contributed by atoms with Crippen LogP contribution in [0.25, 0.3) is 0 Å². The molecule has 0 aliphatic heterocycles. The highest BCUT2D eigenvalue weighted by atomic mass is 32.1. The normalized spacial score (nSPS) is 10.9. The van der Waals surface area contributed by atoms with E-state index < -0.39 is 11.2 Å². The van der Waals surface area contributed by atoms with Crippen LogP contribution in [0.4, 0.5) is 10.1 Å². The van der Waals surface area contributed by atoms with E-state index in [0.29, 0.717) is 5.69 Å². The van der Waals surface area contributed by atoms with Crippen LogP contribution in [-0.4, -0.2) is 18.0 Å². The molecule has 3 N–H and O–H groups in total. The number of carbonyl (C=O) groups excluding carboxylic acids is 1. The first-order valence-electron chi connectivity index (χ1n) is 5.24. The fourth-order valence-electron chi connectivity index (χ4n) is 1.14. The average Bonchev–Trinajstić information content (AvgIpc) is 2.28. The number of nitrogens with one attached hydrogen (secondary N) is 1.